The first-order valence-electron chi connectivity index (χ1n) is 7.93. The third-order valence-electron chi connectivity index (χ3n) is 5.75. The van der Waals surface area contributed by atoms with Gasteiger partial charge >= 0.3 is 0 Å². The average Bonchev–Trinajstić information content (AvgIpc) is 2.49. The molecule has 104 valence electrons. The Balaban J connectivity index is 1.82. The second-order valence-corrected chi connectivity index (χ2v) is 6.94. The number of nitriles is 2. The van der Waals surface area contributed by atoms with Crippen LogP contribution in [0.5, 0.6) is 0 Å². The molecule has 1 aromatic rings. The Kier molecular flexibility index (Phi) is 2.86. The van der Waals surface area contributed by atoms with E-state index < -0.39 is 0 Å². The number of benzene rings is 1. The molecule has 21 heavy (non-hydrogen) atoms. The van der Waals surface area contributed by atoms with E-state index in [0.29, 0.717) is 0 Å². The molecular formula is C19H18N2. The van der Waals surface area contributed by atoms with E-state index in [1.165, 1.54) is 37.3 Å². The zero-order valence-corrected chi connectivity index (χ0v) is 12.0. The molecule has 4 bridgehead atoms. The van der Waals surface area contributed by atoms with Crippen LogP contribution in [-0.2, 0) is 0 Å². The largest absolute Gasteiger partial charge is 0.192 e. The van der Waals surface area contributed by atoms with Gasteiger partial charge in [0.25, 0.3) is 0 Å². The fourth-order valence-electron chi connectivity index (χ4n) is 5.15. The van der Waals surface area contributed by atoms with Gasteiger partial charge in [0.1, 0.15) is 17.7 Å². The summed E-state index contributed by atoms with van der Waals surface area (Å²) in [6, 6.07) is 12.1. The van der Waals surface area contributed by atoms with Gasteiger partial charge in [-0.1, -0.05) is 29.8 Å². The van der Waals surface area contributed by atoms with Gasteiger partial charge in [0.2, 0.25) is 0 Å². The van der Waals surface area contributed by atoms with Gasteiger partial charge in [0.05, 0.1) is 0 Å². The van der Waals surface area contributed by atoms with Crippen LogP contribution in [0.4, 0.5) is 0 Å². The van der Waals surface area contributed by atoms with E-state index >= 15 is 0 Å². The summed E-state index contributed by atoms with van der Waals surface area (Å²) in [5.74, 6) is 3.55. The van der Waals surface area contributed by atoms with Crippen molar-refractivity contribution in [2.45, 2.75) is 32.1 Å². The summed E-state index contributed by atoms with van der Waals surface area (Å²) in [4.78, 5) is 0. The van der Waals surface area contributed by atoms with E-state index in [1.54, 1.807) is 5.57 Å². The summed E-state index contributed by atoms with van der Waals surface area (Å²) in [5, 5.41) is 20.0. The Labute approximate surface area is 125 Å². The van der Waals surface area contributed by atoms with Crippen LogP contribution in [0, 0.1) is 46.3 Å². The topological polar surface area (TPSA) is 47.6 Å². The average molecular weight is 274 g/mol. The summed E-state index contributed by atoms with van der Waals surface area (Å²) >= 11 is 0. The lowest BCUT2D eigenvalue weighted by molar-refractivity contribution is 0.0945. The third kappa shape index (κ3) is 1.98. The molecule has 2 heteroatoms. The highest BCUT2D eigenvalue weighted by Crippen LogP contribution is 2.56. The smallest absolute Gasteiger partial charge is 0.136 e. The quantitative estimate of drug-likeness (QED) is 0.729. The monoisotopic (exact) mass is 274 g/mol. The molecule has 4 aliphatic rings. The third-order valence-corrected chi connectivity index (χ3v) is 5.75. The molecule has 0 unspecified atom stereocenters. The summed E-state index contributed by atoms with van der Waals surface area (Å²) in [6.07, 6.45) is 7.02. The minimum atomic E-state index is 0.205. The molecule has 2 nitrogen and oxygen atoms in total. The van der Waals surface area contributed by atoms with Crippen LogP contribution in [0.1, 0.15) is 32.1 Å². The van der Waals surface area contributed by atoms with Gasteiger partial charge in [-0.3, -0.25) is 0 Å². The first kappa shape index (κ1) is 12.7. The SMILES string of the molecule is N#CC(C#N)=c1ccc(=C2C3CC4CC(C3)CC2C4)cc1. The summed E-state index contributed by atoms with van der Waals surface area (Å²) in [5.41, 5.74) is 1.88. The number of nitrogens with zero attached hydrogens (tertiary/aromatic N) is 2. The Morgan fingerprint density at radius 2 is 1.33 bits per heavy atom. The number of rotatable bonds is 0. The maximum absolute atomic E-state index is 8.95. The van der Waals surface area contributed by atoms with E-state index in [-0.39, 0.29) is 5.57 Å². The second kappa shape index (κ2) is 4.74. The van der Waals surface area contributed by atoms with Gasteiger partial charge < -0.3 is 0 Å². The van der Waals surface area contributed by atoms with Crippen LogP contribution in [0.15, 0.2) is 24.3 Å². The van der Waals surface area contributed by atoms with Crippen molar-refractivity contribution in [3.8, 4) is 12.1 Å². The molecule has 0 N–H and O–H groups in total. The highest BCUT2D eigenvalue weighted by atomic mass is 14.5. The maximum Gasteiger partial charge on any atom is 0.136 e. The van der Waals surface area contributed by atoms with Crippen LogP contribution in [0.25, 0.3) is 11.1 Å². The lowest BCUT2D eigenvalue weighted by Crippen LogP contribution is -2.42. The van der Waals surface area contributed by atoms with Crippen LogP contribution in [-0.4, -0.2) is 0 Å². The van der Waals surface area contributed by atoms with Crippen molar-refractivity contribution < 1.29 is 0 Å². The molecule has 0 aliphatic heterocycles. The zero-order chi connectivity index (χ0) is 14.4. The van der Waals surface area contributed by atoms with E-state index in [4.69, 9.17) is 10.5 Å². The first-order chi connectivity index (χ1) is 10.3. The van der Waals surface area contributed by atoms with Crippen LogP contribution < -0.4 is 10.4 Å². The fraction of sp³-hybridized carbons (Fsp3) is 0.474. The Morgan fingerprint density at radius 1 is 0.810 bits per heavy atom. The standard InChI is InChI=1S/C19H18N2/c20-10-18(11-21)14-1-3-15(4-2-14)19-16-6-12-5-13(8-16)9-17(19)7-12/h1-4,12-13,16-17H,5-9H2. The maximum atomic E-state index is 8.95. The predicted octanol–water partition coefficient (Wildman–Crippen LogP) is 2.49. The van der Waals surface area contributed by atoms with Crippen molar-refractivity contribution in [3.05, 3.63) is 34.7 Å². The fourth-order valence-corrected chi connectivity index (χ4v) is 5.15. The van der Waals surface area contributed by atoms with E-state index in [9.17, 15) is 0 Å². The van der Waals surface area contributed by atoms with Crippen molar-refractivity contribution >= 4 is 11.1 Å². The van der Waals surface area contributed by atoms with E-state index in [1.807, 2.05) is 24.3 Å². The normalized spacial score (nSPS) is 32.6. The Bertz CT molecular complexity index is 719. The summed E-state index contributed by atoms with van der Waals surface area (Å²) in [6.45, 7) is 0. The van der Waals surface area contributed by atoms with Crippen molar-refractivity contribution in [2.75, 3.05) is 0 Å². The van der Waals surface area contributed by atoms with Gasteiger partial charge in [0.15, 0.2) is 0 Å². The molecule has 0 saturated heterocycles. The van der Waals surface area contributed by atoms with Crippen molar-refractivity contribution in [1.29, 1.82) is 10.5 Å². The van der Waals surface area contributed by atoms with Gasteiger partial charge in [-0.25, -0.2) is 0 Å². The first-order valence-corrected chi connectivity index (χ1v) is 7.93. The van der Waals surface area contributed by atoms with E-state index in [2.05, 4.69) is 12.1 Å². The molecule has 5 rings (SSSR count). The second-order valence-electron chi connectivity index (χ2n) is 6.94. The van der Waals surface area contributed by atoms with Crippen molar-refractivity contribution in [3.63, 3.8) is 0 Å². The van der Waals surface area contributed by atoms with Crippen LogP contribution >= 0.6 is 0 Å². The van der Waals surface area contributed by atoms with Gasteiger partial charge in [-0.15, -0.1) is 0 Å². The molecule has 0 radical (unpaired) electrons. The number of hydrogen-bond acceptors (Lipinski definition) is 2. The van der Waals surface area contributed by atoms with Gasteiger partial charge in [0, 0.05) is 5.22 Å². The molecule has 4 aliphatic carbocycles. The Hall–Kier alpha value is -2.06. The highest BCUT2D eigenvalue weighted by Gasteiger charge is 2.45. The Morgan fingerprint density at radius 3 is 1.81 bits per heavy atom. The van der Waals surface area contributed by atoms with Gasteiger partial charge in [-0.05, 0) is 61.0 Å². The zero-order valence-electron chi connectivity index (χ0n) is 12.0. The van der Waals surface area contributed by atoms with Crippen LogP contribution in [0.3, 0.4) is 0 Å². The molecule has 4 fully saturated rings. The predicted molar refractivity (Wildman–Crippen MR) is 80.8 cm³/mol. The summed E-state index contributed by atoms with van der Waals surface area (Å²) < 4.78 is 0. The van der Waals surface area contributed by atoms with Gasteiger partial charge in [-0.2, -0.15) is 10.5 Å². The molecule has 0 heterocycles. The minimum Gasteiger partial charge on any atom is -0.192 e. The molecular weight excluding hydrogens is 256 g/mol. The minimum absolute atomic E-state index is 0.205. The lowest BCUT2D eigenvalue weighted by Gasteiger charge is -2.51. The molecule has 4 saturated carbocycles. The number of hydrogen-bond donors (Lipinski definition) is 0. The van der Waals surface area contributed by atoms with Crippen LogP contribution in [0.2, 0.25) is 0 Å². The van der Waals surface area contributed by atoms with Crippen molar-refractivity contribution in [1.82, 2.24) is 0 Å². The van der Waals surface area contributed by atoms with Crippen molar-refractivity contribution in [2.24, 2.45) is 23.7 Å². The molecule has 0 aromatic heterocycles. The van der Waals surface area contributed by atoms with E-state index in [0.717, 1.165) is 28.9 Å². The summed E-state index contributed by atoms with van der Waals surface area (Å²) in [7, 11) is 0. The lowest BCUT2D eigenvalue weighted by atomic mass is 9.54. The molecule has 0 atom stereocenters. The molecule has 1 aromatic carbocycles. The molecule has 0 amide bonds. The molecule has 0 spiro atoms. The highest BCUT2D eigenvalue weighted by molar-refractivity contribution is 5.72.